The van der Waals surface area contributed by atoms with Crippen LogP contribution in [0.2, 0.25) is 0 Å². The first-order chi connectivity index (χ1) is 9.67. The first-order valence-electron chi connectivity index (χ1n) is 7.16. The van der Waals surface area contributed by atoms with Crippen molar-refractivity contribution in [3.8, 4) is 5.75 Å². The summed E-state index contributed by atoms with van der Waals surface area (Å²) in [6, 6.07) is 8.25. The monoisotopic (exact) mass is 274 g/mol. The largest absolute Gasteiger partial charge is 0.494 e. The van der Waals surface area contributed by atoms with Crippen LogP contribution in [-0.2, 0) is 0 Å². The van der Waals surface area contributed by atoms with E-state index in [9.17, 15) is 0 Å². The zero-order valence-corrected chi connectivity index (χ0v) is 13.1. The van der Waals surface area contributed by atoms with E-state index in [1.807, 2.05) is 25.4 Å². The molecule has 0 aliphatic carbocycles. The summed E-state index contributed by atoms with van der Waals surface area (Å²) in [7, 11) is 6.00. The average molecular weight is 274 g/mol. The standard InChI is InChI=1S/C17H26N2O/c1-5-6-13-20-17-9-7-15(8-10-17)16(11-12-18-2)14-19(3)4/h7-10,12,18H,5-6,13-14H2,1-4H3. The summed E-state index contributed by atoms with van der Waals surface area (Å²) in [4.78, 5) is 2.14. The van der Waals surface area contributed by atoms with Crippen molar-refractivity contribution in [3.05, 3.63) is 41.8 Å². The minimum absolute atomic E-state index is 0.788. The number of likely N-dealkylation sites (N-methyl/N-ethyl adjacent to an activating group) is 1. The van der Waals surface area contributed by atoms with E-state index >= 15 is 0 Å². The van der Waals surface area contributed by atoms with Gasteiger partial charge in [0.25, 0.3) is 0 Å². The summed E-state index contributed by atoms with van der Waals surface area (Å²) in [6.45, 7) is 3.81. The van der Waals surface area contributed by atoms with Gasteiger partial charge in [-0.2, -0.15) is 0 Å². The lowest BCUT2D eigenvalue weighted by Crippen LogP contribution is -2.14. The molecule has 0 saturated heterocycles. The SMILES string of the molecule is CCCCOc1ccc(C(=C=CNC)CN(C)C)cc1. The molecule has 0 aliphatic rings. The van der Waals surface area contributed by atoms with Gasteiger partial charge in [-0.25, -0.2) is 0 Å². The van der Waals surface area contributed by atoms with E-state index in [2.05, 4.69) is 49.1 Å². The number of benzene rings is 1. The highest BCUT2D eigenvalue weighted by molar-refractivity contribution is 5.66. The van der Waals surface area contributed by atoms with Gasteiger partial charge in [0.05, 0.1) is 6.61 Å². The lowest BCUT2D eigenvalue weighted by molar-refractivity contribution is 0.309. The molecule has 110 valence electrons. The molecular weight excluding hydrogens is 248 g/mol. The summed E-state index contributed by atoms with van der Waals surface area (Å²) < 4.78 is 5.68. The third-order valence-corrected chi connectivity index (χ3v) is 2.83. The average Bonchev–Trinajstić information content (AvgIpc) is 2.44. The number of rotatable bonds is 8. The van der Waals surface area contributed by atoms with E-state index in [4.69, 9.17) is 4.74 Å². The normalized spacial score (nSPS) is 10.1. The second-order valence-corrected chi connectivity index (χ2v) is 5.02. The first kappa shape index (κ1) is 16.4. The maximum atomic E-state index is 5.68. The van der Waals surface area contributed by atoms with Crippen molar-refractivity contribution in [1.82, 2.24) is 10.2 Å². The molecule has 0 atom stereocenters. The molecule has 0 saturated carbocycles. The molecule has 1 rings (SSSR count). The van der Waals surface area contributed by atoms with Crippen LogP contribution in [0.4, 0.5) is 0 Å². The van der Waals surface area contributed by atoms with Gasteiger partial charge in [-0.3, -0.25) is 0 Å². The lowest BCUT2D eigenvalue weighted by atomic mass is 10.1. The summed E-state index contributed by atoms with van der Waals surface area (Å²) >= 11 is 0. The molecule has 0 radical (unpaired) electrons. The van der Waals surface area contributed by atoms with Crippen LogP contribution >= 0.6 is 0 Å². The highest BCUT2D eigenvalue weighted by Crippen LogP contribution is 2.19. The minimum Gasteiger partial charge on any atom is -0.494 e. The number of hydrogen-bond acceptors (Lipinski definition) is 3. The summed E-state index contributed by atoms with van der Waals surface area (Å²) in [5, 5.41) is 2.99. The van der Waals surface area contributed by atoms with Gasteiger partial charge in [0, 0.05) is 25.4 Å². The maximum absolute atomic E-state index is 5.68. The molecule has 1 aromatic carbocycles. The van der Waals surface area contributed by atoms with Crippen molar-refractivity contribution in [2.24, 2.45) is 0 Å². The third kappa shape index (κ3) is 5.96. The van der Waals surface area contributed by atoms with Crippen LogP contribution in [-0.4, -0.2) is 39.2 Å². The van der Waals surface area contributed by atoms with Crippen molar-refractivity contribution >= 4 is 5.57 Å². The molecule has 0 fully saturated rings. The van der Waals surface area contributed by atoms with Gasteiger partial charge in [0.1, 0.15) is 5.75 Å². The second kappa shape index (κ2) is 9.24. The van der Waals surface area contributed by atoms with Gasteiger partial charge >= 0.3 is 0 Å². The van der Waals surface area contributed by atoms with Crippen LogP contribution in [0, 0.1) is 0 Å². The Hall–Kier alpha value is -1.70. The Morgan fingerprint density at radius 2 is 2.00 bits per heavy atom. The summed E-state index contributed by atoms with van der Waals surface area (Å²) in [6.07, 6.45) is 4.09. The van der Waals surface area contributed by atoms with Crippen molar-refractivity contribution in [1.29, 1.82) is 0 Å². The van der Waals surface area contributed by atoms with Crippen LogP contribution in [0.15, 0.2) is 36.2 Å². The molecule has 1 N–H and O–H groups in total. The molecule has 0 aliphatic heterocycles. The molecule has 0 aromatic heterocycles. The molecule has 3 nitrogen and oxygen atoms in total. The van der Waals surface area contributed by atoms with Crippen LogP contribution in [0.5, 0.6) is 5.75 Å². The van der Waals surface area contributed by atoms with E-state index < -0.39 is 0 Å². The number of ether oxygens (including phenoxy) is 1. The lowest BCUT2D eigenvalue weighted by Gasteiger charge is -2.12. The Kier molecular flexibility index (Phi) is 7.56. The zero-order chi connectivity index (χ0) is 14.8. The molecular formula is C17H26N2O. The Morgan fingerprint density at radius 1 is 1.30 bits per heavy atom. The molecule has 0 spiro atoms. The topological polar surface area (TPSA) is 24.5 Å². The Balaban J connectivity index is 2.80. The summed E-state index contributed by atoms with van der Waals surface area (Å²) in [5.41, 5.74) is 5.62. The van der Waals surface area contributed by atoms with Gasteiger partial charge in [-0.1, -0.05) is 31.2 Å². The van der Waals surface area contributed by atoms with E-state index in [1.165, 1.54) is 5.56 Å². The highest BCUT2D eigenvalue weighted by Gasteiger charge is 2.03. The van der Waals surface area contributed by atoms with Crippen molar-refractivity contribution in [2.75, 3.05) is 34.3 Å². The molecule has 0 bridgehead atoms. The highest BCUT2D eigenvalue weighted by atomic mass is 16.5. The second-order valence-electron chi connectivity index (χ2n) is 5.02. The Morgan fingerprint density at radius 3 is 2.55 bits per heavy atom. The van der Waals surface area contributed by atoms with Crippen molar-refractivity contribution in [3.63, 3.8) is 0 Å². The molecule has 20 heavy (non-hydrogen) atoms. The van der Waals surface area contributed by atoms with Crippen LogP contribution in [0.3, 0.4) is 0 Å². The fourth-order valence-electron chi connectivity index (χ4n) is 1.78. The van der Waals surface area contributed by atoms with Crippen LogP contribution in [0.25, 0.3) is 5.57 Å². The number of nitrogens with one attached hydrogen (secondary N) is 1. The number of unbranched alkanes of at least 4 members (excludes halogenated alkanes) is 1. The van der Waals surface area contributed by atoms with E-state index in [-0.39, 0.29) is 0 Å². The molecule has 0 amide bonds. The minimum atomic E-state index is 0.788. The zero-order valence-electron chi connectivity index (χ0n) is 13.1. The third-order valence-electron chi connectivity index (χ3n) is 2.83. The summed E-state index contributed by atoms with van der Waals surface area (Å²) in [5.74, 6) is 0.934. The van der Waals surface area contributed by atoms with Crippen molar-refractivity contribution in [2.45, 2.75) is 19.8 Å². The predicted molar refractivity (Wildman–Crippen MR) is 85.9 cm³/mol. The Labute approximate surface area is 122 Å². The van der Waals surface area contributed by atoms with Crippen molar-refractivity contribution < 1.29 is 4.74 Å². The molecule has 3 heteroatoms. The van der Waals surface area contributed by atoms with Crippen LogP contribution in [0.1, 0.15) is 25.3 Å². The Bertz CT molecular complexity index is 443. The van der Waals surface area contributed by atoms with Gasteiger partial charge < -0.3 is 15.0 Å². The first-order valence-corrected chi connectivity index (χ1v) is 7.16. The van der Waals surface area contributed by atoms with Gasteiger partial charge in [0.15, 0.2) is 0 Å². The molecule has 1 aromatic rings. The number of hydrogen-bond donors (Lipinski definition) is 1. The quantitative estimate of drug-likeness (QED) is 0.582. The van der Waals surface area contributed by atoms with Gasteiger partial charge in [0.2, 0.25) is 0 Å². The van der Waals surface area contributed by atoms with Crippen LogP contribution < -0.4 is 10.1 Å². The molecule has 0 heterocycles. The smallest absolute Gasteiger partial charge is 0.119 e. The fourth-order valence-corrected chi connectivity index (χ4v) is 1.78. The van der Waals surface area contributed by atoms with E-state index in [0.29, 0.717) is 0 Å². The maximum Gasteiger partial charge on any atom is 0.119 e. The van der Waals surface area contributed by atoms with Gasteiger partial charge in [-0.15, -0.1) is 0 Å². The van der Waals surface area contributed by atoms with E-state index in [0.717, 1.165) is 37.3 Å². The van der Waals surface area contributed by atoms with Gasteiger partial charge in [-0.05, 0) is 38.2 Å². The fraction of sp³-hybridized carbons (Fsp3) is 0.471. The molecule has 0 unspecified atom stereocenters. The predicted octanol–water partition coefficient (Wildman–Crippen LogP) is 3.14. The van der Waals surface area contributed by atoms with E-state index in [1.54, 1.807) is 0 Å². The number of nitrogens with zero attached hydrogens (tertiary/aromatic N) is 1.